The molecule has 0 radical (unpaired) electrons. The second-order valence-electron chi connectivity index (χ2n) is 5.93. The van der Waals surface area contributed by atoms with Crippen LogP contribution in [-0.4, -0.2) is 61.3 Å². The van der Waals surface area contributed by atoms with E-state index in [-0.39, 0.29) is 17.9 Å². The fourth-order valence-electron chi connectivity index (χ4n) is 2.63. The molecule has 0 aliphatic carbocycles. The molecule has 114 valence electrons. The van der Waals surface area contributed by atoms with E-state index in [0.717, 1.165) is 0 Å². The molecular weight excluding hydrogens is 260 g/mol. The second-order valence-corrected chi connectivity index (χ2v) is 5.93. The van der Waals surface area contributed by atoms with Crippen LogP contribution in [0.15, 0.2) is 0 Å². The van der Waals surface area contributed by atoms with Gasteiger partial charge in [-0.05, 0) is 19.3 Å². The minimum absolute atomic E-state index is 0.0139. The van der Waals surface area contributed by atoms with E-state index in [1.807, 2.05) is 13.8 Å². The third kappa shape index (κ3) is 3.49. The normalized spacial score (nSPS) is 31.6. The van der Waals surface area contributed by atoms with E-state index in [4.69, 9.17) is 9.47 Å². The van der Waals surface area contributed by atoms with E-state index < -0.39 is 12.1 Å². The Morgan fingerprint density at radius 1 is 1.35 bits per heavy atom. The molecule has 3 unspecified atom stereocenters. The zero-order chi connectivity index (χ0) is 14.7. The predicted octanol–water partition coefficient (Wildman–Crippen LogP) is 0.163. The summed E-state index contributed by atoms with van der Waals surface area (Å²) in [6.07, 6.45) is 0.524. The highest BCUT2D eigenvalue weighted by Gasteiger charge is 2.39. The number of carbonyl (C=O) groups is 2. The van der Waals surface area contributed by atoms with E-state index in [2.05, 4.69) is 5.32 Å². The van der Waals surface area contributed by atoms with Crippen LogP contribution < -0.4 is 5.32 Å². The number of amides is 2. The first-order valence-electron chi connectivity index (χ1n) is 7.29. The van der Waals surface area contributed by atoms with Gasteiger partial charge in [-0.3, -0.25) is 9.59 Å². The SMILES string of the molecule is CC(C)CC1NC(=O)C(C)N(CC2COCCO2)C1=O. The summed E-state index contributed by atoms with van der Waals surface area (Å²) in [6.45, 7) is 7.87. The van der Waals surface area contributed by atoms with Crippen molar-refractivity contribution in [1.82, 2.24) is 10.2 Å². The minimum atomic E-state index is -0.448. The molecule has 2 aliphatic rings. The summed E-state index contributed by atoms with van der Waals surface area (Å²) in [5.74, 6) is 0.251. The quantitative estimate of drug-likeness (QED) is 0.799. The number of hydrogen-bond acceptors (Lipinski definition) is 4. The second kappa shape index (κ2) is 6.54. The fourth-order valence-corrected chi connectivity index (χ4v) is 2.63. The number of nitrogens with zero attached hydrogens (tertiary/aromatic N) is 1. The number of rotatable bonds is 4. The van der Waals surface area contributed by atoms with E-state index in [1.54, 1.807) is 11.8 Å². The van der Waals surface area contributed by atoms with Gasteiger partial charge >= 0.3 is 0 Å². The molecular formula is C14H24N2O4. The molecule has 2 amide bonds. The van der Waals surface area contributed by atoms with Gasteiger partial charge in [0.15, 0.2) is 0 Å². The maximum absolute atomic E-state index is 12.5. The van der Waals surface area contributed by atoms with Gasteiger partial charge in [-0.1, -0.05) is 13.8 Å². The summed E-state index contributed by atoms with van der Waals surface area (Å²) < 4.78 is 10.9. The summed E-state index contributed by atoms with van der Waals surface area (Å²) in [7, 11) is 0. The number of nitrogens with one attached hydrogen (secondary N) is 1. The van der Waals surface area contributed by atoms with Gasteiger partial charge in [0, 0.05) is 0 Å². The molecule has 3 atom stereocenters. The van der Waals surface area contributed by atoms with E-state index in [0.29, 0.717) is 38.7 Å². The summed E-state index contributed by atoms with van der Waals surface area (Å²) in [5.41, 5.74) is 0. The number of piperazine rings is 1. The van der Waals surface area contributed by atoms with Crippen LogP contribution in [0.3, 0.4) is 0 Å². The predicted molar refractivity (Wildman–Crippen MR) is 73.1 cm³/mol. The lowest BCUT2D eigenvalue weighted by Crippen LogP contribution is -2.64. The number of ether oxygens (including phenoxy) is 2. The Morgan fingerprint density at radius 3 is 2.70 bits per heavy atom. The van der Waals surface area contributed by atoms with Gasteiger partial charge in [-0.25, -0.2) is 0 Å². The van der Waals surface area contributed by atoms with Crippen molar-refractivity contribution >= 4 is 11.8 Å². The molecule has 2 rings (SSSR count). The largest absolute Gasteiger partial charge is 0.376 e. The smallest absolute Gasteiger partial charge is 0.245 e. The average Bonchev–Trinajstić information content (AvgIpc) is 2.41. The van der Waals surface area contributed by atoms with Crippen LogP contribution in [0.5, 0.6) is 0 Å². The summed E-state index contributed by atoms with van der Waals surface area (Å²) in [6, 6.07) is -0.861. The molecule has 0 saturated carbocycles. The Hall–Kier alpha value is -1.14. The van der Waals surface area contributed by atoms with Crippen LogP contribution in [0.2, 0.25) is 0 Å². The highest BCUT2D eigenvalue weighted by atomic mass is 16.6. The first-order valence-corrected chi connectivity index (χ1v) is 7.29. The Bertz CT molecular complexity index is 366. The third-order valence-electron chi connectivity index (χ3n) is 3.74. The highest BCUT2D eigenvalue weighted by molar-refractivity contribution is 5.96. The minimum Gasteiger partial charge on any atom is -0.376 e. The van der Waals surface area contributed by atoms with Crippen molar-refractivity contribution in [3.05, 3.63) is 0 Å². The zero-order valence-electron chi connectivity index (χ0n) is 12.4. The molecule has 0 aromatic heterocycles. The highest BCUT2D eigenvalue weighted by Crippen LogP contribution is 2.17. The maximum Gasteiger partial charge on any atom is 0.245 e. The molecule has 0 spiro atoms. The molecule has 2 fully saturated rings. The van der Waals surface area contributed by atoms with Gasteiger partial charge < -0.3 is 19.7 Å². The molecule has 20 heavy (non-hydrogen) atoms. The zero-order valence-corrected chi connectivity index (χ0v) is 12.4. The topological polar surface area (TPSA) is 67.9 Å². The van der Waals surface area contributed by atoms with Crippen molar-refractivity contribution in [2.24, 2.45) is 5.92 Å². The van der Waals surface area contributed by atoms with Crippen molar-refractivity contribution in [2.75, 3.05) is 26.4 Å². The van der Waals surface area contributed by atoms with Crippen LogP contribution in [0.4, 0.5) is 0 Å². The fraction of sp³-hybridized carbons (Fsp3) is 0.857. The van der Waals surface area contributed by atoms with E-state index >= 15 is 0 Å². The summed E-state index contributed by atoms with van der Waals surface area (Å²) in [5, 5.41) is 2.81. The lowest BCUT2D eigenvalue weighted by Gasteiger charge is -2.40. The first-order chi connectivity index (χ1) is 9.49. The molecule has 6 heteroatoms. The molecule has 0 aromatic carbocycles. The molecule has 2 saturated heterocycles. The van der Waals surface area contributed by atoms with Crippen LogP contribution in [-0.2, 0) is 19.1 Å². The summed E-state index contributed by atoms with van der Waals surface area (Å²) in [4.78, 5) is 26.1. The molecule has 6 nitrogen and oxygen atoms in total. The third-order valence-corrected chi connectivity index (χ3v) is 3.74. The molecule has 2 aliphatic heterocycles. The Labute approximate surface area is 119 Å². The van der Waals surface area contributed by atoms with Crippen LogP contribution in [0.1, 0.15) is 27.2 Å². The lowest BCUT2D eigenvalue weighted by molar-refractivity contribution is -0.155. The van der Waals surface area contributed by atoms with Crippen molar-refractivity contribution in [2.45, 2.75) is 45.4 Å². The van der Waals surface area contributed by atoms with Gasteiger partial charge in [0.2, 0.25) is 11.8 Å². The Morgan fingerprint density at radius 2 is 2.10 bits per heavy atom. The van der Waals surface area contributed by atoms with Gasteiger partial charge in [0.05, 0.1) is 32.5 Å². The Kier molecular flexibility index (Phi) is 4.99. The lowest BCUT2D eigenvalue weighted by atomic mass is 9.98. The van der Waals surface area contributed by atoms with Crippen molar-refractivity contribution in [3.8, 4) is 0 Å². The van der Waals surface area contributed by atoms with E-state index in [1.165, 1.54) is 0 Å². The van der Waals surface area contributed by atoms with Gasteiger partial charge in [0.25, 0.3) is 0 Å². The molecule has 0 bridgehead atoms. The average molecular weight is 284 g/mol. The van der Waals surface area contributed by atoms with Crippen molar-refractivity contribution in [3.63, 3.8) is 0 Å². The van der Waals surface area contributed by atoms with Gasteiger partial charge in [-0.2, -0.15) is 0 Å². The van der Waals surface area contributed by atoms with Crippen molar-refractivity contribution in [1.29, 1.82) is 0 Å². The van der Waals surface area contributed by atoms with Gasteiger partial charge in [-0.15, -0.1) is 0 Å². The van der Waals surface area contributed by atoms with Crippen LogP contribution in [0, 0.1) is 5.92 Å². The van der Waals surface area contributed by atoms with E-state index in [9.17, 15) is 9.59 Å². The van der Waals surface area contributed by atoms with Crippen LogP contribution >= 0.6 is 0 Å². The van der Waals surface area contributed by atoms with Crippen LogP contribution in [0.25, 0.3) is 0 Å². The van der Waals surface area contributed by atoms with Crippen molar-refractivity contribution < 1.29 is 19.1 Å². The Balaban J connectivity index is 2.03. The molecule has 2 heterocycles. The standard InChI is InChI=1S/C14H24N2O4/c1-9(2)6-12-14(18)16(10(3)13(17)15-12)7-11-8-19-4-5-20-11/h9-12H,4-8H2,1-3H3,(H,15,17). The first kappa shape index (κ1) is 15.3. The summed E-state index contributed by atoms with van der Waals surface area (Å²) >= 11 is 0. The molecule has 0 aromatic rings. The monoisotopic (exact) mass is 284 g/mol. The number of carbonyl (C=O) groups excluding carboxylic acids is 2. The maximum atomic E-state index is 12.5. The number of hydrogen-bond donors (Lipinski definition) is 1. The molecule has 1 N–H and O–H groups in total. The van der Waals surface area contributed by atoms with Gasteiger partial charge in [0.1, 0.15) is 12.1 Å².